The molecule has 1 fully saturated rings. The monoisotopic (exact) mass is 264 g/mol. The van der Waals surface area contributed by atoms with Crippen LogP contribution in [0.1, 0.15) is 49.8 Å². The molecule has 0 spiro atoms. The second-order valence-electron chi connectivity index (χ2n) is 5.87. The fourth-order valence-electron chi connectivity index (χ4n) is 2.91. The Kier molecular flexibility index (Phi) is 4.60. The molecule has 1 aromatic heterocycles. The van der Waals surface area contributed by atoms with Crippen molar-refractivity contribution < 1.29 is 4.79 Å². The first kappa shape index (κ1) is 13.8. The molecule has 1 heterocycles. The Morgan fingerprint density at radius 1 is 1.33 bits per heavy atom. The molecule has 2 heteroatoms. The average Bonchev–Trinajstić information content (AvgIpc) is 2.79. The molecule has 1 saturated carbocycles. The quantitative estimate of drug-likeness (QED) is 0.783. The molecule has 2 atom stereocenters. The van der Waals surface area contributed by atoms with Gasteiger partial charge in [-0.15, -0.1) is 11.3 Å². The Bertz CT molecular complexity index is 405. The number of hydrogen-bond acceptors (Lipinski definition) is 2. The molecule has 0 aliphatic heterocycles. The summed E-state index contributed by atoms with van der Waals surface area (Å²) in [6.07, 6.45) is 5.11. The minimum absolute atomic E-state index is 0.287. The summed E-state index contributed by atoms with van der Waals surface area (Å²) in [4.78, 5) is 14.9. The Morgan fingerprint density at radius 2 is 2.06 bits per heavy atom. The van der Waals surface area contributed by atoms with Gasteiger partial charge >= 0.3 is 0 Å². The highest BCUT2D eigenvalue weighted by Crippen LogP contribution is 2.34. The van der Waals surface area contributed by atoms with Gasteiger partial charge in [-0.3, -0.25) is 4.79 Å². The summed E-state index contributed by atoms with van der Waals surface area (Å²) in [5.74, 6) is 2.25. The van der Waals surface area contributed by atoms with Crippen molar-refractivity contribution in [3.8, 4) is 0 Å². The Balaban J connectivity index is 2.00. The minimum atomic E-state index is 0.287. The second-order valence-corrected chi connectivity index (χ2v) is 7.12. The molecule has 1 nitrogen and oxygen atoms in total. The number of hydrogen-bond donors (Lipinski definition) is 0. The summed E-state index contributed by atoms with van der Waals surface area (Å²) in [7, 11) is 0. The third-order valence-electron chi connectivity index (χ3n) is 4.26. The van der Waals surface area contributed by atoms with E-state index in [9.17, 15) is 4.79 Å². The third kappa shape index (κ3) is 3.23. The van der Waals surface area contributed by atoms with Gasteiger partial charge in [0, 0.05) is 22.1 Å². The average molecular weight is 264 g/mol. The van der Waals surface area contributed by atoms with Crippen molar-refractivity contribution in [3.63, 3.8) is 0 Å². The lowest BCUT2D eigenvalue weighted by molar-refractivity contribution is -0.125. The van der Waals surface area contributed by atoms with Gasteiger partial charge in [0.25, 0.3) is 0 Å². The SMILES string of the molecule is CCc1ccc(CC2CC(C(C)C)CCC2=O)s1. The summed E-state index contributed by atoms with van der Waals surface area (Å²) in [5, 5.41) is 0. The Hall–Kier alpha value is -0.630. The number of ketones is 1. The molecule has 0 amide bonds. The van der Waals surface area contributed by atoms with Gasteiger partial charge in [-0.05, 0) is 49.7 Å². The fraction of sp³-hybridized carbons (Fsp3) is 0.688. The molecule has 2 rings (SSSR count). The summed E-state index contributed by atoms with van der Waals surface area (Å²) in [6.45, 7) is 6.77. The molecule has 0 bridgehead atoms. The van der Waals surface area contributed by atoms with Crippen LogP contribution in [0.5, 0.6) is 0 Å². The standard InChI is InChI=1S/C16H24OS/c1-4-14-6-7-15(18-14)10-13-9-12(11(2)3)5-8-16(13)17/h6-7,11-13H,4-5,8-10H2,1-3H3. The molecule has 100 valence electrons. The van der Waals surface area contributed by atoms with Gasteiger partial charge in [-0.1, -0.05) is 20.8 Å². The van der Waals surface area contributed by atoms with Crippen molar-refractivity contribution in [2.24, 2.45) is 17.8 Å². The zero-order chi connectivity index (χ0) is 13.1. The number of thiophene rings is 1. The minimum Gasteiger partial charge on any atom is -0.299 e. The van der Waals surface area contributed by atoms with E-state index in [1.54, 1.807) is 0 Å². The zero-order valence-corrected chi connectivity index (χ0v) is 12.6. The van der Waals surface area contributed by atoms with Crippen LogP contribution in [0.25, 0.3) is 0 Å². The van der Waals surface area contributed by atoms with Crippen LogP contribution in [0, 0.1) is 17.8 Å². The Labute approximate surface area is 115 Å². The summed E-state index contributed by atoms with van der Waals surface area (Å²) in [6, 6.07) is 4.43. The molecule has 0 N–H and O–H groups in total. The summed E-state index contributed by atoms with van der Waals surface area (Å²) < 4.78 is 0. The van der Waals surface area contributed by atoms with Crippen LogP contribution < -0.4 is 0 Å². The predicted molar refractivity (Wildman–Crippen MR) is 78.1 cm³/mol. The maximum Gasteiger partial charge on any atom is 0.136 e. The van der Waals surface area contributed by atoms with Crippen LogP contribution >= 0.6 is 11.3 Å². The van der Waals surface area contributed by atoms with E-state index >= 15 is 0 Å². The van der Waals surface area contributed by atoms with Crippen LogP contribution in [0.2, 0.25) is 0 Å². The topological polar surface area (TPSA) is 17.1 Å². The molecular formula is C16H24OS. The number of Topliss-reactive ketones (excluding diaryl/α,β-unsaturated/α-hetero) is 1. The molecule has 2 unspecified atom stereocenters. The van der Waals surface area contributed by atoms with Crippen LogP contribution in [0.3, 0.4) is 0 Å². The van der Waals surface area contributed by atoms with Crippen molar-refractivity contribution >= 4 is 17.1 Å². The highest BCUT2D eigenvalue weighted by Gasteiger charge is 2.30. The maximum absolute atomic E-state index is 12.0. The van der Waals surface area contributed by atoms with E-state index in [-0.39, 0.29) is 5.92 Å². The largest absolute Gasteiger partial charge is 0.299 e. The fourth-order valence-corrected chi connectivity index (χ4v) is 3.95. The number of carbonyl (C=O) groups excluding carboxylic acids is 1. The van der Waals surface area contributed by atoms with E-state index < -0.39 is 0 Å². The van der Waals surface area contributed by atoms with Gasteiger partial charge in [-0.25, -0.2) is 0 Å². The highest BCUT2D eigenvalue weighted by molar-refractivity contribution is 7.12. The van der Waals surface area contributed by atoms with Crippen molar-refractivity contribution in [2.75, 3.05) is 0 Å². The van der Waals surface area contributed by atoms with Gasteiger partial charge < -0.3 is 0 Å². The lowest BCUT2D eigenvalue weighted by Gasteiger charge is -2.30. The second kappa shape index (κ2) is 6.01. The van der Waals surface area contributed by atoms with E-state index in [0.717, 1.165) is 43.9 Å². The van der Waals surface area contributed by atoms with Crippen molar-refractivity contribution in [1.82, 2.24) is 0 Å². The summed E-state index contributed by atoms with van der Waals surface area (Å²) >= 11 is 1.89. The molecular weight excluding hydrogens is 240 g/mol. The van der Waals surface area contributed by atoms with Crippen LogP contribution in [-0.2, 0) is 17.6 Å². The van der Waals surface area contributed by atoms with Crippen LogP contribution in [0.4, 0.5) is 0 Å². The van der Waals surface area contributed by atoms with E-state index in [2.05, 4.69) is 32.9 Å². The van der Waals surface area contributed by atoms with Gasteiger partial charge in [0.05, 0.1) is 0 Å². The van der Waals surface area contributed by atoms with Crippen molar-refractivity contribution in [2.45, 2.75) is 52.9 Å². The van der Waals surface area contributed by atoms with Crippen LogP contribution in [0.15, 0.2) is 12.1 Å². The number of carbonyl (C=O) groups is 1. The molecule has 1 aliphatic carbocycles. The number of aryl methyl sites for hydroxylation is 1. The lowest BCUT2D eigenvalue weighted by Crippen LogP contribution is -2.28. The normalized spacial score (nSPS) is 24.8. The first-order valence-electron chi connectivity index (χ1n) is 7.20. The van der Waals surface area contributed by atoms with E-state index in [1.165, 1.54) is 9.75 Å². The highest BCUT2D eigenvalue weighted by atomic mass is 32.1. The van der Waals surface area contributed by atoms with E-state index in [0.29, 0.717) is 5.78 Å². The zero-order valence-electron chi connectivity index (χ0n) is 11.7. The van der Waals surface area contributed by atoms with E-state index in [4.69, 9.17) is 0 Å². The molecule has 0 radical (unpaired) electrons. The van der Waals surface area contributed by atoms with Crippen molar-refractivity contribution in [1.29, 1.82) is 0 Å². The predicted octanol–water partition coefficient (Wildman–Crippen LogP) is 4.49. The van der Waals surface area contributed by atoms with Crippen molar-refractivity contribution in [3.05, 3.63) is 21.9 Å². The smallest absolute Gasteiger partial charge is 0.136 e. The molecule has 0 aromatic carbocycles. The van der Waals surface area contributed by atoms with E-state index in [1.807, 2.05) is 11.3 Å². The number of rotatable bonds is 4. The molecule has 0 saturated heterocycles. The first-order chi connectivity index (χ1) is 8.60. The lowest BCUT2D eigenvalue weighted by atomic mass is 9.74. The molecule has 18 heavy (non-hydrogen) atoms. The summed E-state index contributed by atoms with van der Waals surface area (Å²) in [5.41, 5.74) is 0. The van der Waals surface area contributed by atoms with Crippen LogP contribution in [-0.4, -0.2) is 5.78 Å². The van der Waals surface area contributed by atoms with Gasteiger partial charge in [0.1, 0.15) is 5.78 Å². The molecule has 1 aliphatic rings. The first-order valence-corrected chi connectivity index (χ1v) is 8.02. The Morgan fingerprint density at radius 3 is 2.67 bits per heavy atom. The maximum atomic E-state index is 12.0. The van der Waals surface area contributed by atoms with Gasteiger partial charge in [0.15, 0.2) is 0 Å². The van der Waals surface area contributed by atoms with Gasteiger partial charge in [-0.2, -0.15) is 0 Å². The van der Waals surface area contributed by atoms with Gasteiger partial charge in [0.2, 0.25) is 0 Å². The third-order valence-corrected chi connectivity index (χ3v) is 5.51. The molecule has 1 aromatic rings.